The normalized spacial score (nSPS) is 21.5. The van der Waals surface area contributed by atoms with Crippen molar-refractivity contribution in [2.45, 2.75) is 13.3 Å². The molecule has 0 aliphatic carbocycles. The van der Waals surface area contributed by atoms with Crippen molar-refractivity contribution in [2.75, 3.05) is 26.7 Å². The van der Waals surface area contributed by atoms with Crippen molar-refractivity contribution in [2.24, 2.45) is 11.1 Å². The van der Waals surface area contributed by atoms with Gasteiger partial charge in [0.25, 0.3) is 5.91 Å². The van der Waals surface area contributed by atoms with Crippen LogP contribution >= 0.6 is 28.3 Å². The second-order valence-corrected chi connectivity index (χ2v) is 6.25. The molecule has 1 heterocycles. The largest absolute Gasteiger partial charge is 0.496 e. The highest BCUT2D eigenvalue weighted by atomic mass is 79.9. The minimum absolute atomic E-state index is 0. The number of methoxy groups -OCH3 is 1. The summed E-state index contributed by atoms with van der Waals surface area (Å²) in [6.45, 7) is 4.20. The quantitative estimate of drug-likeness (QED) is 0.898. The molecule has 2 rings (SSSR count). The van der Waals surface area contributed by atoms with Gasteiger partial charge in [-0.25, -0.2) is 0 Å². The van der Waals surface area contributed by atoms with Gasteiger partial charge in [-0.1, -0.05) is 22.9 Å². The van der Waals surface area contributed by atoms with Gasteiger partial charge in [-0.05, 0) is 36.6 Å². The summed E-state index contributed by atoms with van der Waals surface area (Å²) >= 11 is 3.38. The van der Waals surface area contributed by atoms with Crippen molar-refractivity contribution in [1.82, 2.24) is 4.90 Å². The average molecular weight is 364 g/mol. The summed E-state index contributed by atoms with van der Waals surface area (Å²) in [5, 5.41) is 0. The third kappa shape index (κ3) is 3.45. The fraction of sp³-hybridized carbons (Fsp3) is 0.500. The first-order chi connectivity index (χ1) is 8.99. The van der Waals surface area contributed by atoms with E-state index >= 15 is 0 Å². The summed E-state index contributed by atoms with van der Waals surface area (Å²) in [6, 6.07) is 5.46. The number of hydrogen-bond acceptors (Lipinski definition) is 3. The molecule has 2 N–H and O–H groups in total. The fourth-order valence-corrected chi connectivity index (χ4v) is 2.72. The topological polar surface area (TPSA) is 55.6 Å². The predicted molar refractivity (Wildman–Crippen MR) is 85.6 cm³/mol. The van der Waals surface area contributed by atoms with Crippen molar-refractivity contribution in [3.05, 3.63) is 28.2 Å². The third-order valence-electron chi connectivity index (χ3n) is 3.73. The molecule has 1 aromatic rings. The maximum absolute atomic E-state index is 12.5. The van der Waals surface area contributed by atoms with Gasteiger partial charge >= 0.3 is 0 Å². The Morgan fingerprint density at radius 1 is 1.55 bits per heavy atom. The summed E-state index contributed by atoms with van der Waals surface area (Å²) in [7, 11) is 1.58. The van der Waals surface area contributed by atoms with Crippen LogP contribution in [0.2, 0.25) is 0 Å². The summed E-state index contributed by atoms with van der Waals surface area (Å²) < 4.78 is 6.18. The molecule has 0 radical (unpaired) electrons. The molecule has 1 amide bonds. The lowest BCUT2D eigenvalue weighted by Gasteiger charge is -2.23. The van der Waals surface area contributed by atoms with E-state index in [1.165, 1.54) is 0 Å². The van der Waals surface area contributed by atoms with Crippen LogP contribution < -0.4 is 10.5 Å². The lowest BCUT2D eigenvalue weighted by Crippen LogP contribution is -2.34. The lowest BCUT2D eigenvalue weighted by molar-refractivity contribution is 0.0773. The molecule has 4 nitrogen and oxygen atoms in total. The molecule has 0 saturated carbocycles. The van der Waals surface area contributed by atoms with Crippen LogP contribution in [0, 0.1) is 5.41 Å². The summed E-state index contributed by atoms with van der Waals surface area (Å²) in [5.74, 6) is 0.613. The minimum atomic E-state index is 0. The van der Waals surface area contributed by atoms with Gasteiger partial charge in [0, 0.05) is 17.6 Å². The highest BCUT2D eigenvalue weighted by molar-refractivity contribution is 9.10. The minimum Gasteiger partial charge on any atom is -0.496 e. The Morgan fingerprint density at radius 3 is 2.80 bits per heavy atom. The highest BCUT2D eigenvalue weighted by Gasteiger charge is 2.35. The first-order valence-corrected chi connectivity index (χ1v) is 7.11. The van der Waals surface area contributed by atoms with Gasteiger partial charge in [0.2, 0.25) is 0 Å². The molecule has 6 heteroatoms. The fourth-order valence-electron chi connectivity index (χ4n) is 2.38. The Morgan fingerprint density at radius 2 is 2.25 bits per heavy atom. The molecule has 112 valence electrons. The molecule has 0 spiro atoms. The van der Waals surface area contributed by atoms with Gasteiger partial charge in [0.05, 0.1) is 12.7 Å². The molecule has 1 atom stereocenters. The zero-order valence-electron chi connectivity index (χ0n) is 11.7. The van der Waals surface area contributed by atoms with E-state index in [2.05, 4.69) is 22.9 Å². The average Bonchev–Trinajstić information content (AvgIpc) is 2.81. The van der Waals surface area contributed by atoms with E-state index in [1.54, 1.807) is 13.2 Å². The zero-order valence-corrected chi connectivity index (χ0v) is 14.1. The van der Waals surface area contributed by atoms with Crippen LogP contribution in [-0.2, 0) is 0 Å². The first-order valence-electron chi connectivity index (χ1n) is 6.32. The number of ether oxygens (including phenoxy) is 1. The van der Waals surface area contributed by atoms with Crippen molar-refractivity contribution >= 4 is 34.2 Å². The first kappa shape index (κ1) is 17.3. The monoisotopic (exact) mass is 362 g/mol. The number of amides is 1. The number of hydrogen-bond donors (Lipinski definition) is 1. The molecule has 1 saturated heterocycles. The maximum atomic E-state index is 12.5. The van der Waals surface area contributed by atoms with Crippen LogP contribution in [0.25, 0.3) is 0 Å². The molecular formula is C14H20BrClN2O2. The Bertz CT molecular complexity index is 498. The maximum Gasteiger partial charge on any atom is 0.257 e. The van der Waals surface area contributed by atoms with Gasteiger partial charge in [0.15, 0.2) is 0 Å². The number of likely N-dealkylation sites (tertiary alicyclic amines) is 1. The Balaban J connectivity index is 0.00000200. The van der Waals surface area contributed by atoms with Crippen LogP contribution in [0.4, 0.5) is 0 Å². The number of nitrogens with two attached hydrogens (primary N) is 1. The SMILES string of the molecule is COc1cc(Br)ccc1C(=O)N1CCC(C)(CN)C1.Cl. The van der Waals surface area contributed by atoms with Crippen LogP contribution in [0.5, 0.6) is 5.75 Å². The van der Waals surface area contributed by atoms with Crippen molar-refractivity contribution in [3.8, 4) is 5.75 Å². The molecule has 1 fully saturated rings. The van der Waals surface area contributed by atoms with Gasteiger partial charge < -0.3 is 15.4 Å². The van der Waals surface area contributed by atoms with Gasteiger partial charge in [-0.15, -0.1) is 12.4 Å². The third-order valence-corrected chi connectivity index (χ3v) is 4.23. The molecule has 0 bridgehead atoms. The number of benzene rings is 1. The zero-order chi connectivity index (χ0) is 14.0. The van der Waals surface area contributed by atoms with E-state index in [4.69, 9.17) is 10.5 Å². The Hall–Kier alpha value is -0.780. The van der Waals surface area contributed by atoms with Crippen LogP contribution in [0.3, 0.4) is 0 Å². The van der Waals surface area contributed by atoms with Gasteiger partial charge in [-0.3, -0.25) is 4.79 Å². The number of rotatable bonds is 3. The summed E-state index contributed by atoms with van der Waals surface area (Å²) in [4.78, 5) is 14.4. The van der Waals surface area contributed by atoms with E-state index in [0.717, 1.165) is 17.4 Å². The molecule has 20 heavy (non-hydrogen) atoms. The molecule has 1 unspecified atom stereocenters. The molecule has 1 aromatic carbocycles. The van der Waals surface area contributed by atoms with Gasteiger partial charge in [0.1, 0.15) is 5.75 Å². The van der Waals surface area contributed by atoms with Crippen LogP contribution in [0.1, 0.15) is 23.7 Å². The molecule has 1 aliphatic heterocycles. The van der Waals surface area contributed by atoms with Crippen LogP contribution in [-0.4, -0.2) is 37.6 Å². The number of nitrogens with zero attached hydrogens (tertiary/aromatic N) is 1. The number of carbonyl (C=O) groups excluding carboxylic acids is 1. The second kappa shape index (κ2) is 6.78. The number of halogens is 2. The Kier molecular flexibility index (Phi) is 5.86. The number of carbonyl (C=O) groups is 1. The van der Waals surface area contributed by atoms with Crippen molar-refractivity contribution in [3.63, 3.8) is 0 Å². The highest BCUT2D eigenvalue weighted by Crippen LogP contribution is 2.31. The van der Waals surface area contributed by atoms with E-state index in [-0.39, 0.29) is 23.7 Å². The van der Waals surface area contributed by atoms with Gasteiger partial charge in [-0.2, -0.15) is 0 Å². The van der Waals surface area contributed by atoms with Crippen molar-refractivity contribution < 1.29 is 9.53 Å². The van der Waals surface area contributed by atoms with Crippen LogP contribution in [0.15, 0.2) is 22.7 Å². The molecule has 1 aliphatic rings. The summed E-state index contributed by atoms with van der Waals surface area (Å²) in [6.07, 6.45) is 0.952. The molecule has 0 aromatic heterocycles. The van der Waals surface area contributed by atoms with E-state index < -0.39 is 0 Å². The van der Waals surface area contributed by atoms with E-state index in [1.807, 2.05) is 17.0 Å². The lowest BCUT2D eigenvalue weighted by atomic mass is 9.90. The Labute approximate surface area is 134 Å². The van der Waals surface area contributed by atoms with E-state index in [0.29, 0.717) is 24.4 Å². The summed E-state index contributed by atoms with van der Waals surface area (Å²) in [5.41, 5.74) is 6.42. The standard InChI is InChI=1S/C14H19BrN2O2.ClH/c1-14(8-16)5-6-17(9-14)13(18)11-4-3-10(15)7-12(11)19-2;/h3-4,7H,5-6,8-9,16H2,1-2H3;1H. The van der Waals surface area contributed by atoms with E-state index in [9.17, 15) is 4.79 Å². The predicted octanol–water partition coefficient (Wildman–Crippen LogP) is 2.69. The second-order valence-electron chi connectivity index (χ2n) is 5.34. The smallest absolute Gasteiger partial charge is 0.257 e. The van der Waals surface area contributed by atoms with Crippen molar-refractivity contribution in [1.29, 1.82) is 0 Å². The molecular weight excluding hydrogens is 344 g/mol.